The molecule has 0 N–H and O–H groups in total. The lowest BCUT2D eigenvalue weighted by atomic mass is 10.0. The van der Waals surface area contributed by atoms with E-state index in [0.717, 1.165) is 18.9 Å². The van der Waals surface area contributed by atoms with Crippen LogP contribution in [-0.4, -0.2) is 28.5 Å². The molecule has 14 heavy (non-hydrogen) atoms. The van der Waals surface area contributed by atoms with Crippen LogP contribution in [0.5, 0.6) is 0 Å². The first-order valence-corrected chi connectivity index (χ1v) is 4.84. The average molecular weight is 194 g/mol. The van der Waals surface area contributed by atoms with E-state index in [9.17, 15) is 4.79 Å². The van der Waals surface area contributed by atoms with Crippen LogP contribution in [0.2, 0.25) is 0 Å². The van der Waals surface area contributed by atoms with Gasteiger partial charge in [-0.3, -0.25) is 4.79 Å². The third kappa shape index (κ3) is 1.85. The summed E-state index contributed by atoms with van der Waals surface area (Å²) >= 11 is 0. The van der Waals surface area contributed by atoms with Crippen LogP contribution in [0.25, 0.3) is 0 Å². The number of rotatable bonds is 3. The fraction of sp³-hybridized carbons (Fsp3) is 0.600. The lowest BCUT2D eigenvalue weighted by Gasteiger charge is -2.05. The van der Waals surface area contributed by atoms with E-state index in [2.05, 4.69) is 4.98 Å². The van der Waals surface area contributed by atoms with Crippen molar-refractivity contribution in [2.45, 2.75) is 12.8 Å². The van der Waals surface area contributed by atoms with E-state index in [1.165, 1.54) is 0 Å². The molecule has 0 saturated carbocycles. The predicted octanol–water partition coefficient (Wildman–Crippen LogP) is 0.568. The minimum Gasteiger partial charge on any atom is -0.381 e. The minimum absolute atomic E-state index is 0.0895. The zero-order chi connectivity index (χ0) is 9.97. The molecule has 76 valence electrons. The Kier molecular flexibility index (Phi) is 2.63. The van der Waals surface area contributed by atoms with Gasteiger partial charge in [-0.25, -0.2) is 4.98 Å². The minimum atomic E-state index is 0.0895. The summed E-state index contributed by atoms with van der Waals surface area (Å²) in [6.07, 6.45) is 4.86. The van der Waals surface area contributed by atoms with Crippen LogP contribution >= 0.6 is 0 Å². The first kappa shape index (κ1) is 9.40. The number of nitrogens with zero attached hydrogens (tertiary/aromatic N) is 2. The zero-order valence-electron chi connectivity index (χ0n) is 8.27. The number of Topliss-reactive ketones (excluding diaryl/α,β-unsaturated/α-hetero) is 1. The van der Waals surface area contributed by atoms with Crippen molar-refractivity contribution in [3.05, 3.63) is 18.2 Å². The van der Waals surface area contributed by atoms with Crippen LogP contribution in [0.3, 0.4) is 0 Å². The summed E-state index contributed by atoms with van der Waals surface area (Å²) in [4.78, 5) is 15.9. The van der Waals surface area contributed by atoms with E-state index in [1.54, 1.807) is 6.20 Å². The lowest BCUT2D eigenvalue weighted by molar-refractivity contribution is -0.122. The molecule has 1 fully saturated rings. The molecule has 1 aromatic rings. The number of carbonyl (C=O) groups is 1. The normalized spacial score (nSPS) is 21.4. The second kappa shape index (κ2) is 3.92. The van der Waals surface area contributed by atoms with Crippen LogP contribution in [0.1, 0.15) is 12.2 Å². The van der Waals surface area contributed by atoms with E-state index in [0.29, 0.717) is 13.0 Å². The summed E-state index contributed by atoms with van der Waals surface area (Å²) in [5.74, 6) is 1.17. The molecule has 1 aliphatic heterocycles. The smallest absolute Gasteiger partial charge is 0.145 e. The molecule has 4 nitrogen and oxygen atoms in total. The van der Waals surface area contributed by atoms with Crippen molar-refractivity contribution >= 4 is 5.78 Å². The number of aromatic nitrogens is 2. The van der Waals surface area contributed by atoms with Gasteiger partial charge < -0.3 is 9.30 Å². The number of imidazole rings is 1. The fourth-order valence-corrected chi connectivity index (χ4v) is 1.66. The highest BCUT2D eigenvalue weighted by Gasteiger charge is 2.24. The maximum atomic E-state index is 11.7. The van der Waals surface area contributed by atoms with Crippen LogP contribution in [0.4, 0.5) is 0 Å². The molecule has 0 bridgehead atoms. The second-order valence-electron chi connectivity index (χ2n) is 3.66. The highest BCUT2D eigenvalue weighted by atomic mass is 16.5. The van der Waals surface area contributed by atoms with Gasteiger partial charge in [-0.2, -0.15) is 0 Å². The molecule has 4 heteroatoms. The van der Waals surface area contributed by atoms with Gasteiger partial charge in [0.2, 0.25) is 0 Å². The number of aryl methyl sites for hydroxylation is 1. The molecule has 0 spiro atoms. The molecule has 1 aromatic heterocycles. The van der Waals surface area contributed by atoms with E-state index < -0.39 is 0 Å². The lowest BCUT2D eigenvalue weighted by Crippen LogP contribution is -2.18. The molecule has 2 heterocycles. The Morgan fingerprint density at radius 2 is 2.64 bits per heavy atom. The topological polar surface area (TPSA) is 44.1 Å². The molecular formula is C10H14N2O2. The Balaban J connectivity index is 1.97. The van der Waals surface area contributed by atoms with Crippen LogP contribution in [-0.2, 0) is 23.0 Å². The maximum Gasteiger partial charge on any atom is 0.145 e. The van der Waals surface area contributed by atoms with Gasteiger partial charge in [0.05, 0.1) is 13.0 Å². The van der Waals surface area contributed by atoms with Gasteiger partial charge in [0.1, 0.15) is 11.6 Å². The molecule has 1 atom stereocenters. The van der Waals surface area contributed by atoms with Gasteiger partial charge in [0, 0.05) is 32.0 Å². The summed E-state index contributed by atoms with van der Waals surface area (Å²) in [5.41, 5.74) is 0. The molecule has 0 radical (unpaired) electrons. The van der Waals surface area contributed by atoms with Crippen molar-refractivity contribution < 1.29 is 9.53 Å². The second-order valence-corrected chi connectivity index (χ2v) is 3.66. The predicted molar refractivity (Wildman–Crippen MR) is 50.8 cm³/mol. The summed E-state index contributed by atoms with van der Waals surface area (Å²) in [6.45, 7) is 1.31. The highest BCUT2D eigenvalue weighted by Crippen LogP contribution is 2.15. The quantitative estimate of drug-likeness (QED) is 0.706. The van der Waals surface area contributed by atoms with E-state index in [-0.39, 0.29) is 11.7 Å². The SMILES string of the molecule is Cn1ccnc1CC(=O)C1CCOC1. The van der Waals surface area contributed by atoms with Crippen molar-refractivity contribution in [2.24, 2.45) is 13.0 Å². The van der Waals surface area contributed by atoms with Gasteiger partial charge in [-0.15, -0.1) is 0 Å². The van der Waals surface area contributed by atoms with Crippen molar-refractivity contribution in [1.82, 2.24) is 9.55 Å². The van der Waals surface area contributed by atoms with Crippen molar-refractivity contribution in [3.63, 3.8) is 0 Å². The number of carbonyl (C=O) groups excluding carboxylic acids is 1. The van der Waals surface area contributed by atoms with Gasteiger partial charge in [0.15, 0.2) is 0 Å². The molecule has 2 rings (SSSR count). The molecule has 0 amide bonds. The first-order chi connectivity index (χ1) is 6.77. The number of hydrogen-bond donors (Lipinski definition) is 0. The number of ether oxygens (including phenoxy) is 1. The third-order valence-corrected chi connectivity index (χ3v) is 2.64. The van der Waals surface area contributed by atoms with Gasteiger partial charge in [0.25, 0.3) is 0 Å². The summed E-state index contributed by atoms with van der Waals surface area (Å²) in [7, 11) is 1.90. The van der Waals surface area contributed by atoms with Gasteiger partial charge in [-0.1, -0.05) is 0 Å². The highest BCUT2D eigenvalue weighted by molar-refractivity contribution is 5.82. The molecule has 0 aromatic carbocycles. The summed E-state index contributed by atoms with van der Waals surface area (Å²) in [6, 6.07) is 0. The maximum absolute atomic E-state index is 11.7. The van der Waals surface area contributed by atoms with E-state index in [1.807, 2.05) is 17.8 Å². The van der Waals surface area contributed by atoms with Crippen LogP contribution in [0, 0.1) is 5.92 Å². The Hall–Kier alpha value is -1.16. The van der Waals surface area contributed by atoms with E-state index in [4.69, 9.17) is 4.74 Å². The molecule has 0 aliphatic carbocycles. The summed E-state index contributed by atoms with van der Waals surface area (Å²) < 4.78 is 7.06. The number of hydrogen-bond acceptors (Lipinski definition) is 3. The Morgan fingerprint density at radius 3 is 3.21 bits per heavy atom. The fourth-order valence-electron chi connectivity index (χ4n) is 1.66. The molecule has 1 unspecified atom stereocenters. The average Bonchev–Trinajstić information content (AvgIpc) is 2.77. The Labute approximate surface area is 82.9 Å². The largest absolute Gasteiger partial charge is 0.381 e. The standard InChI is InChI=1S/C10H14N2O2/c1-12-4-3-11-10(12)6-9(13)8-2-5-14-7-8/h3-4,8H,2,5-7H2,1H3. The monoisotopic (exact) mass is 194 g/mol. The molecule has 1 saturated heterocycles. The van der Waals surface area contributed by atoms with Crippen molar-refractivity contribution in [3.8, 4) is 0 Å². The Morgan fingerprint density at radius 1 is 1.79 bits per heavy atom. The third-order valence-electron chi connectivity index (χ3n) is 2.64. The van der Waals surface area contributed by atoms with Gasteiger partial charge in [-0.05, 0) is 6.42 Å². The van der Waals surface area contributed by atoms with Crippen LogP contribution < -0.4 is 0 Å². The molecular weight excluding hydrogens is 180 g/mol. The zero-order valence-corrected chi connectivity index (χ0v) is 8.27. The van der Waals surface area contributed by atoms with E-state index >= 15 is 0 Å². The first-order valence-electron chi connectivity index (χ1n) is 4.84. The summed E-state index contributed by atoms with van der Waals surface area (Å²) in [5, 5.41) is 0. The van der Waals surface area contributed by atoms with Crippen molar-refractivity contribution in [1.29, 1.82) is 0 Å². The van der Waals surface area contributed by atoms with Crippen LogP contribution in [0.15, 0.2) is 12.4 Å². The number of ketones is 1. The van der Waals surface area contributed by atoms with Gasteiger partial charge >= 0.3 is 0 Å². The molecule has 1 aliphatic rings. The Bertz CT molecular complexity index is 327. The van der Waals surface area contributed by atoms with Crippen molar-refractivity contribution in [2.75, 3.05) is 13.2 Å².